The highest BCUT2D eigenvalue weighted by Crippen LogP contribution is 2.28. The van der Waals surface area contributed by atoms with E-state index < -0.39 is 0 Å². The Labute approximate surface area is 134 Å². The molecule has 0 unspecified atom stereocenters. The molecule has 0 aromatic heterocycles. The summed E-state index contributed by atoms with van der Waals surface area (Å²) in [6.45, 7) is 11.0. The first-order chi connectivity index (χ1) is 9.90. The van der Waals surface area contributed by atoms with E-state index in [1.807, 2.05) is 5.01 Å². The van der Waals surface area contributed by atoms with Gasteiger partial charge in [0.1, 0.15) is 5.66 Å². The number of hydrazine groups is 1. The van der Waals surface area contributed by atoms with Crippen LogP contribution in [0.1, 0.15) is 51.2 Å². The van der Waals surface area contributed by atoms with E-state index in [1.165, 1.54) is 17.5 Å². The minimum Gasteiger partial charge on any atom is -0.342 e. The highest BCUT2D eigenvalue weighted by Gasteiger charge is 2.39. The van der Waals surface area contributed by atoms with E-state index in [0.29, 0.717) is 5.92 Å². The van der Waals surface area contributed by atoms with Gasteiger partial charge in [-0.1, -0.05) is 33.3 Å². The van der Waals surface area contributed by atoms with Crippen molar-refractivity contribution in [3.05, 3.63) is 29.3 Å². The van der Waals surface area contributed by atoms with Crippen LogP contribution in [-0.2, 0) is 0 Å². The Hall–Kier alpha value is -1.13. The zero-order chi connectivity index (χ0) is 15.6. The van der Waals surface area contributed by atoms with E-state index in [1.54, 1.807) is 0 Å². The summed E-state index contributed by atoms with van der Waals surface area (Å²) >= 11 is 5.56. The van der Waals surface area contributed by atoms with Crippen LogP contribution in [-0.4, -0.2) is 10.8 Å². The lowest BCUT2D eigenvalue weighted by atomic mass is 9.93. The third-order valence-corrected chi connectivity index (χ3v) is 4.91. The number of hydrogen-bond acceptors (Lipinski definition) is 2. The summed E-state index contributed by atoms with van der Waals surface area (Å²) in [6, 6.07) is 6.46. The van der Waals surface area contributed by atoms with E-state index in [2.05, 4.69) is 63.6 Å². The van der Waals surface area contributed by atoms with Crippen molar-refractivity contribution in [2.24, 2.45) is 5.92 Å². The van der Waals surface area contributed by atoms with Gasteiger partial charge in [0.2, 0.25) is 0 Å². The van der Waals surface area contributed by atoms with E-state index >= 15 is 0 Å². The minimum absolute atomic E-state index is 0.120. The van der Waals surface area contributed by atoms with Crippen LogP contribution in [0.5, 0.6) is 0 Å². The van der Waals surface area contributed by atoms with Gasteiger partial charge in [0, 0.05) is 0 Å². The largest absolute Gasteiger partial charge is 0.342 e. The average Bonchev–Trinajstić information content (AvgIpc) is 2.79. The van der Waals surface area contributed by atoms with Gasteiger partial charge in [0.25, 0.3) is 0 Å². The van der Waals surface area contributed by atoms with E-state index in [-0.39, 0.29) is 5.66 Å². The number of nitrogens with one attached hydrogen (secondary N) is 2. The first kappa shape index (κ1) is 16.2. The Morgan fingerprint density at radius 2 is 1.95 bits per heavy atom. The first-order valence-corrected chi connectivity index (χ1v) is 8.29. The fourth-order valence-corrected chi connectivity index (χ4v) is 3.09. The molecule has 21 heavy (non-hydrogen) atoms. The smallest absolute Gasteiger partial charge is 0.189 e. The summed E-state index contributed by atoms with van der Waals surface area (Å²) in [5, 5.41) is 6.30. The van der Waals surface area contributed by atoms with Crippen molar-refractivity contribution in [3.8, 4) is 0 Å². The molecule has 1 aliphatic heterocycles. The van der Waals surface area contributed by atoms with Gasteiger partial charge in [0.15, 0.2) is 5.11 Å². The van der Waals surface area contributed by atoms with Gasteiger partial charge in [-0.3, -0.25) is 5.01 Å². The number of thiocarbonyl (C=S) groups is 1. The predicted molar refractivity (Wildman–Crippen MR) is 94.4 cm³/mol. The van der Waals surface area contributed by atoms with Crippen molar-refractivity contribution < 1.29 is 0 Å². The Morgan fingerprint density at radius 1 is 1.24 bits per heavy atom. The van der Waals surface area contributed by atoms with Crippen molar-refractivity contribution >= 4 is 23.0 Å². The molecule has 1 saturated heterocycles. The number of hydrogen-bond donors (Lipinski definition) is 2. The predicted octanol–water partition coefficient (Wildman–Crippen LogP) is 4.05. The number of rotatable bonds is 5. The maximum Gasteiger partial charge on any atom is 0.189 e. The summed E-state index contributed by atoms with van der Waals surface area (Å²) in [7, 11) is 0. The van der Waals surface area contributed by atoms with Crippen molar-refractivity contribution in [2.45, 2.75) is 59.5 Å². The van der Waals surface area contributed by atoms with E-state index in [4.69, 9.17) is 12.2 Å². The zero-order valence-electron chi connectivity index (χ0n) is 13.8. The molecular formula is C17H27N3S. The highest BCUT2D eigenvalue weighted by molar-refractivity contribution is 7.80. The molecule has 3 nitrogen and oxygen atoms in total. The number of anilines is 1. The molecule has 2 N–H and O–H groups in total. The van der Waals surface area contributed by atoms with Crippen molar-refractivity contribution in [3.63, 3.8) is 0 Å². The quantitative estimate of drug-likeness (QED) is 0.803. The van der Waals surface area contributed by atoms with Gasteiger partial charge in [-0.15, -0.1) is 0 Å². The Bertz CT molecular complexity index is 529. The molecule has 2 rings (SSSR count). The highest BCUT2D eigenvalue weighted by atomic mass is 32.1. The lowest BCUT2D eigenvalue weighted by molar-refractivity contribution is 0.255. The first-order valence-electron chi connectivity index (χ1n) is 7.88. The lowest BCUT2D eigenvalue weighted by Crippen LogP contribution is -2.51. The van der Waals surface area contributed by atoms with Gasteiger partial charge >= 0.3 is 0 Å². The van der Waals surface area contributed by atoms with Crippen LogP contribution in [0.3, 0.4) is 0 Å². The second kappa shape index (κ2) is 6.32. The van der Waals surface area contributed by atoms with Crippen LogP contribution >= 0.6 is 12.2 Å². The van der Waals surface area contributed by atoms with Gasteiger partial charge < -0.3 is 5.32 Å². The van der Waals surface area contributed by atoms with Crippen molar-refractivity contribution in [1.82, 2.24) is 10.7 Å². The molecular weight excluding hydrogens is 278 g/mol. The number of benzene rings is 1. The molecule has 0 saturated carbocycles. The third kappa shape index (κ3) is 3.38. The van der Waals surface area contributed by atoms with Gasteiger partial charge in [-0.2, -0.15) is 0 Å². The molecule has 4 heteroatoms. The standard InChI is InChI=1S/C17H27N3S/c1-6-12(3)11-17(7-2)18-16(21)20(19-17)15-9-8-13(4)14(5)10-15/h8-10,12,19H,6-7,11H2,1-5H3,(H,18,21)/t12-,17-/m1/s1. The summed E-state index contributed by atoms with van der Waals surface area (Å²) in [5.74, 6) is 0.660. The third-order valence-electron chi connectivity index (χ3n) is 4.62. The number of aryl methyl sites for hydroxylation is 2. The van der Waals surface area contributed by atoms with Crippen LogP contribution in [0, 0.1) is 19.8 Å². The Kier molecular flexibility index (Phi) is 4.89. The molecule has 1 aromatic rings. The molecule has 2 atom stereocenters. The van der Waals surface area contributed by atoms with Gasteiger partial charge in [0.05, 0.1) is 5.69 Å². The van der Waals surface area contributed by atoms with Crippen LogP contribution in [0.4, 0.5) is 5.69 Å². The average molecular weight is 305 g/mol. The molecule has 1 fully saturated rings. The van der Waals surface area contributed by atoms with Gasteiger partial charge in [-0.25, -0.2) is 5.43 Å². The van der Waals surface area contributed by atoms with Crippen LogP contribution in [0.25, 0.3) is 0 Å². The lowest BCUT2D eigenvalue weighted by Gasteiger charge is -2.31. The molecule has 1 aromatic carbocycles. The summed E-state index contributed by atoms with van der Waals surface area (Å²) in [6.07, 6.45) is 3.25. The molecule has 0 bridgehead atoms. The molecule has 0 spiro atoms. The number of nitrogens with zero attached hydrogens (tertiary/aromatic N) is 1. The Balaban J connectivity index is 2.23. The second-order valence-electron chi connectivity index (χ2n) is 6.30. The minimum atomic E-state index is -0.120. The van der Waals surface area contributed by atoms with Gasteiger partial charge in [-0.05, 0) is 68.1 Å². The topological polar surface area (TPSA) is 27.3 Å². The second-order valence-corrected chi connectivity index (χ2v) is 6.69. The molecule has 0 aliphatic carbocycles. The van der Waals surface area contributed by atoms with E-state index in [0.717, 1.165) is 23.6 Å². The SMILES string of the molecule is CC[C@@H](C)C[C@]1(CC)NC(=S)N(c2ccc(C)c(C)c2)N1. The molecule has 0 amide bonds. The molecule has 1 aliphatic rings. The van der Waals surface area contributed by atoms with E-state index in [9.17, 15) is 0 Å². The van der Waals surface area contributed by atoms with Crippen LogP contribution < -0.4 is 15.8 Å². The zero-order valence-corrected chi connectivity index (χ0v) is 14.6. The molecule has 0 radical (unpaired) electrons. The maximum absolute atomic E-state index is 5.56. The fraction of sp³-hybridized carbons (Fsp3) is 0.588. The fourth-order valence-electron chi connectivity index (χ4n) is 2.75. The van der Waals surface area contributed by atoms with Crippen LogP contribution in [0.2, 0.25) is 0 Å². The maximum atomic E-state index is 5.56. The summed E-state index contributed by atoms with van der Waals surface area (Å²) in [4.78, 5) is 0. The van der Waals surface area contributed by atoms with Crippen molar-refractivity contribution in [1.29, 1.82) is 0 Å². The molecule has 116 valence electrons. The summed E-state index contributed by atoms with van der Waals surface area (Å²) in [5.41, 5.74) is 7.19. The Morgan fingerprint density at radius 3 is 2.52 bits per heavy atom. The monoisotopic (exact) mass is 305 g/mol. The van der Waals surface area contributed by atoms with Crippen LogP contribution in [0.15, 0.2) is 18.2 Å². The molecule has 1 heterocycles. The summed E-state index contributed by atoms with van der Waals surface area (Å²) < 4.78 is 0. The normalized spacial score (nSPS) is 23.3. The van der Waals surface area contributed by atoms with Crippen molar-refractivity contribution in [2.75, 3.05) is 5.01 Å².